The van der Waals surface area contributed by atoms with E-state index in [4.69, 9.17) is 14.0 Å². The summed E-state index contributed by atoms with van der Waals surface area (Å²) >= 11 is 0. The molecule has 0 aliphatic carbocycles. The van der Waals surface area contributed by atoms with Gasteiger partial charge in [-0.05, 0) is 25.5 Å². The molecule has 0 unspecified atom stereocenters. The number of hydrogen-bond acceptors (Lipinski definition) is 7. The average molecular weight is 347 g/mol. The van der Waals surface area contributed by atoms with Crippen LogP contribution in [-0.2, 0) is 15.0 Å². The molecule has 0 radical (unpaired) electrons. The number of methoxy groups -OCH3 is 1. The molecule has 1 fully saturated rings. The molecule has 1 aliphatic heterocycles. The Morgan fingerprint density at radius 1 is 1.40 bits per heavy atom. The van der Waals surface area contributed by atoms with Gasteiger partial charge in [0.25, 0.3) is 0 Å². The fourth-order valence-electron chi connectivity index (χ4n) is 2.60. The van der Waals surface area contributed by atoms with Gasteiger partial charge in [-0.2, -0.15) is 0 Å². The molecule has 134 valence electrons. The minimum Gasteiger partial charge on any atom is -0.420 e. The number of hydroxylamine groups is 1. The van der Waals surface area contributed by atoms with Crippen molar-refractivity contribution in [1.29, 1.82) is 0 Å². The van der Waals surface area contributed by atoms with Crippen LogP contribution in [-0.4, -0.2) is 59.5 Å². The summed E-state index contributed by atoms with van der Waals surface area (Å²) < 4.78 is 10.7. The maximum Gasteiger partial charge on any atom is 0.341 e. The summed E-state index contributed by atoms with van der Waals surface area (Å²) in [6.07, 6.45) is 4.07. The first kappa shape index (κ1) is 17.3. The van der Waals surface area contributed by atoms with Gasteiger partial charge in [-0.3, -0.25) is 9.82 Å². The van der Waals surface area contributed by atoms with E-state index in [9.17, 15) is 4.79 Å². The third-order valence-corrected chi connectivity index (χ3v) is 3.97. The molecule has 2 aromatic rings. The van der Waals surface area contributed by atoms with Crippen LogP contribution in [0.1, 0.15) is 19.2 Å². The van der Waals surface area contributed by atoms with E-state index in [0.29, 0.717) is 44.5 Å². The number of carbonyl (C=O) groups excluding carboxylic acids is 1. The van der Waals surface area contributed by atoms with Crippen molar-refractivity contribution in [3.8, 4) is 11.5 Å². The topological polar surface area (TPSA) is 103 Å². The van der Waals surface area contributed by atoms with Crippen LogP contribution in [0.5, 0.6) is 0 Å². The predicted molar refractivity (Wildman–Crippen MR) is 87.4 cm³/mol. The molecule has 0 atom stereocenters. The molecule has 2 aromatic heterocycles. The van der Waals surface area contributed by atoms with E-state index in [-0.39, 0.29) is 11.4 Å². The van der Waals surface area contributed by atoms with Gasteiger partial charge in [-0.1, -0.05) is 0 Å². The Morgan fingerprint density at radius 2 is 2.24 bits per heavy atom. The zero-order valence-electron chi connectivity index (χ0n) is 14.3. The first-order valence-electron chi connectivity index (χ1n) is 8.02. The number of nitrogens with zero attached hydrogens (tertiary/aromatic N) is 4. The van der Waals surface area contributed by atoms with Gasteiger partial charge in [-0.15, -0.1) is 10.2 Å². The fraction of sp³-hybridized carbons (Fsp3) is 0.500. The van der Waals surface area contributed by atoms with E-state index in [1.807, 2.05) is 19.1 Å². The van der Waals surface area contributed by atoms with E-state index >= 15 is 0 Å². The van der Waals surface area contributed by atoms with Crippen LogP contribution in [0, 0.1) is 0 Å². The monoisotopic (exact) mass is 347 g/mol. The quantitative estimate of drug-likeness (QED) is 0.596. The van der Waals surface area contributed by atoms with Crippen LogP contribution < -0.4 is 5.48 Å². The zero-order chi connectivity index (χ0) is 17.7. The van der Waals surface area contributed by atoms with Crippen molar-refractivity contribution in [3.63, 3.8) is 0 Å². The molecular weight excluding hydrogens is 326 g/mol. The van der Waals surface area contributed by atoms with Crippen LogP contribution >= 0.6 is 0 Å². The molecule has 1 saturated heterocycles. The second-order valence-electron chi connectivity index (χ2n) is 6.17. The molecule has 9 nitrogen and oxygen atoms in total. The number of hydrogen-bond donors (Lipinski definition) is 1. The number of amides is 2. The Bertz CT molecular complexity index is 700. The molecule has 0 aromatic carbocycles. The highest BCUT2D eigenvalue weighted by atomic mass is 16.7. The summed E-state index contributed by atoms with van der Waals surface area (Å²) in [7, 11) is 1.62. The molecule has 9 heteroatoms. The molecule has 2 amide bonds. The SMILES string of the molecule is COCCCONC(=O)N1CC(C)(c2nnc(-c3cccnc3)o2)C1. The highest BCUT2D eigenvalue weighted by Crippen LogP contribution is 2.34. The number of ether oxygens (including phenoxy) is 1. The first-order valence-corrected chi connectivity index (χ1v) is 8.02. The second-order valence-corrected chi connectivity index (χ2v) is 6.17. The van der Waals surface area contributed by atoms with Gasteiger partial charge in [0.2, 0.25) is 11.8 Å². The Labute approximate surface area is 145 Å². The van der Waals surface area contributed by atoms with Crippen molar-refractivity contribution in [2.75, 3.05) is 33.4 Å². The third kappa shape index (κ3) is 3.94. The lowest BCUT2D eigenvalue weighted by atomic mass is 9.82. The number of aromatic nitrogens is 3. The van der Waals surface area contributed by atoms with Gasteiger partial charge in [0.05, 0.1) is 17.6 Å². The summed E-state index contributed by atoms with van der Waals surface area (Å²) in [5.74, 6) is 0.935. The Morgan fingerprint density at radius 3 is 2.96 bits per heavy atom. The van der Waals surface area contributed by atoms with Gasteiger partial charge in [0.15, 0.2) is 0 Å². The zero-order valence-corrected chi connectivity index (χ0v) is 14.3. The lowest BCUT2D eigenvalue weighted by Gasteiger charge is -2.44. The van der Waals surface area contributed by atoms with Crippen LogP contribution in [0.25, 0.3) is 11.5 Å². The molecule has 3 heterocycles. The van der Waals surface area contributed by atoms with Gasteiger partial charge >= 0.3 is 6.03 Å². The average Bonchev–Trinajstić information content (AvgIpc) is 3.10. The first-order chi connectivity index (χ1) is 12.1. The third-order valence-electron chi connectivity index (χ3n) is 3.97. The van der Waals surface area contributed by atoms with Crippen molar-refractivity contribution in [2.45, 2.75) is 18.8 Å². The van der Waals surface area contributed by atoms with E-state index in [1.165, 1.54) is 0 Å². The number of rotatable bonds is 7. The van der Waals surface area contributed by atoms with Crippen LogP contribution in [0.2, 0.25) is 0 Å². The van der Waals surface area contributed by atoms with Crippen molar-refractivity contribution in [1.82, 2.24) is 25.6 Å². The Hall–Kier alpha value is -2.52. The molecule has 25 heavy (non-hydrogen) atoms. The normalized spacial score (nSPS) is 15.7. The highest BCUT2D eigenvalue weighted by molar-refractivity contribution is 5.74. The van der Waals surface area contributed by atoms with Crippen molar-refractivity contribution >= 4 is 6.03 Å². The van der Waals surface area contributed by atoms with Crippen molar-refractivity contribution in [2.24, 2.45) is 0 Å². The molecule has 0 spiro atoms. The minimum atomic E-state index is -0.360. The van der Waals surface area contributed by atoms with Crippen molar-refractivity contribution < 1.29 is 18.8 Å². The molecule has 0 saturated carbocycles. The van der Waals surface area contributed by atoms with E-state index in [1.54, 1.807) is 24.4 Å². The summed E-state index contributed by atoms with van der Waals surface area (Å²) in [4.78, 5) is 22.8. The number of likely N-dealkylation sites (tertiary alicyclic amines) is 1. The number of pyridine rings is 1. The Kier molecular flexibility index (Phi) is 5.25. The summed E-state index contributed by atoms with van der Waals surface area (Å²) in [6, 6.07) is 3.39. The number of nitrogens with one attached hydrogen (secondary N) is 1. The summed E-state index contributed by atoms with van der Waals surface area (Å²) in [5, 5.41) is 8.20. The maximum absolute atomic E-state index is 12.0. The molecule has 3 rings (SSSR count). The van der Waals surface area contributed by atoms with Crippen molar-refractivity contribution in [3.05, 3.63) is 30.4 Å². The van der Waals surface area contributed by atoms with Gasteiger partial charge in [-0.25, -0.2) is 10.3 Å². The van der Waals surface area contributed by atoms with E-state index in [0.717, 1.165) is 5.56 Å². The number of carbonyl (C=O) groups is 1. The standard InChI is InChI=1S/C16H21N5O4/c1-16(10-21(11-16)15(22)20-24-8-4-7-23-2)14-19-18-13(25-14)12-5-3-6-17-9-12/h3,5-6,9H,4,7-8,10-11H2,1-2H3,(H,20,22). The Balaban J connectivity index is 1.50. The minimum absolute atomic E-state index is 0.276. The lowest BCUT2D eigenvalue weighted by molar-refractivity contribution is 0.0137. The van der Waals surface area contributed by atoms with Gasteiger partial charge in [0.1, 0.15) is 0 Å². The van der Waals surface area contributed by atoms with Crippen LogP contribution in [0.15, 0.2) is 28.9 Å². The van der Waals surface area contributed by atoms with E-state index in [2.05, 4.69) is 20.7 Å². The smallest absolute Gasteiger partial charge is 0.341 e. The molecule has 1 N–H and O–H groups in total. The predicted octanol–water partition coefficient (Wildman–Crippen LogP) is 1.38. The number of urea groups is 1. The maximum atomic E-state index is 12.0. The van der Waals surface area contributed by atoms with E-state index < -0.39 is 0 Å². The highest BCUT2D eigenvalue weighted by Gasteiger charge is 2.47. The van der Waals surface area contributed by atoms with Crippen LogP contribution in [0.3, 0.4) is 0 Å². The molecule has 1 aliphatic rings. The van der Waals surface area contributed by atoms with Gasteiger partial charge < -0.3 is 14.1 Å². The fourth-order valence-corrected chi connectivity index (χ4v) is 2.60. The van der Waals surface area contributed by atoms with Crippen LogP contribution in [0.4, 0.5) is 4.79 Å². The molecule has 0 bridgehead atoms. The largest absolute Gasteiger partial charge is 0.420 e. The summed E-state index contributed by atoms with van der Waals surface area (Å²) in [5.41, 5.74) is 2.83. The second kappa shape index (κ2) is 7.58. The summed E-state index contributed by atoms with van der Waals surface area (Å²) in [6.45, 7) is 3.94. The lowest BCUT2D eigenvalue weighted by Crippen LogP contribution is -2.62. The van der Waals surface area contributed by atoms with Gasteiger partial charge in [0, 0.05) is 39.2 Å². The molecular formula is C16H21N5O4.